The standard InChI is InChI=1S/C19H25FN4O3/c1-11(20)10-27-18-6-5-15(13(3)23-18)9-21-19(26)16-7-12(2)22-17(8-16)24-14(4)25/h5-8,11-12,22H,9-10H2,1-4H3,(H,21,26)(H,24,25)/t11-,12?/m1/s1. The molecular weight excluding hydrogens is 351 g/mol. The molecule has 3 N–H and O–H groups in total. The molecular formula is C19H25FN4O3. The summed E-state index contributed by atoms with van der Waals surface area (Å²) in [7, 11) is 0. The number of carbonyl (C=O) groups is 2. The second-order valence-electron chi connectivity index (χ2n) is 6.46. The Morgan fingerprint density at radius 2 is 2.15 bits per heavy atom. The van der Waals surface area contributed by atoms with Gasteiger partial charge in [-0.15, -0.1) is 0 Å². The number of rotatable bonds is 7. The molecule has 1 aliphatic heterocycles. The summed E-state index contributed by atoms with van der Waals surface area (Å²) < 4.78 is 18.1. The summed E-state index contributed by atoms with van der Waals surface area (Å²) in [5, 5.41) is 8.55. The predicted molar refractivity (Wildman–Crippen MR) is 99.5 cm³/mol. The van der Waals surface area contributed by atoms with Crippen molar-refractivity contribution in [3.63, 3.8) is 0 Å². The Morgan fingerprint density at radius 1 is 1.41 bits per heavy atom. The van der Waals surface area contributed by atoms with E-state index >= 15 is 0 Å². The highest BCUT2D eigenvalue weighted by Gasteiger charge is 2.16. The smallest absolute Gasteiger partial charge is 0.251 e. The number of hydrogen-bond acceptors (Lipinski definition) is 5. The van der Waals surface area contributed by atoms with Gasteiger partial charge < -0.3 is 20.7 Å². The highest BCUT2D eigenvalue weighted by Crippen LogP contribution is 2.14. The first-order valence-corrected chi connectivity index (χ1v) is 8.74. The topological polar surface area (TPSA) is 92.4 Å². The van der Waals surface area contributed by atoms with Crippen molar-refractivity contribution in [3.8, 4) is 5.88 Å². The molecule has 2 heterocycles. The zero-order chi connectivity index (χ0) is 20.0. The lowest BCUT2D eigenvalue weighted by atomic mass is 10.1. The van der Waals surface area contributed by atoms with E-state index in [9.17, 15) is 14.0 Å². The molecule has 1 aliphatic rings. The summed E-state index contributed by atoms with van der Waals surface area (Å²) in [6.07, 6.45) is 2.31. The third-order valence-electron chi connectivity index (χ3n) is 3.76. The molecule has 0 saturated carbocycles. The van der Waals surface area contributed by atoms with Crippen LogP contribution in [0.1, 0.15) is 32.0 Å². The molecule has 2 rings (SSSR count). The Hall–Kier alpha value is -2.90. The number of nitrogens with one attached hydrogen (secondary N) is 3. The van der Waals surface area contributed by atoms with E-state index in [4.69, 9.17) is 4.74 Å². The maximum absolute atomic E-state index is 12.8. The average molecular weight is 376 g/mol. The van der Waals surface area contributed by atoms with Crippen LogP contribution in [-0.2, 0) is 16.1 Å². The fraction of sp³-hybridized carbons (Fsp3) is 0.421. The molecule has 0 spiro atoms. The molecule has 8 heteroatoms. The van der Waals surface area contributed by atoms with E-state index in [1.54, 1.807) is 31.2 Å². The SMILES string of the molecule is CC(=O)NC1=CC(C(=O)NCc2ccc(OC[C@@H](C)F)nc2C)=CC(C)N1. The number of dihydropyridines is 1. The molecule has 0 radical (unpaired) electrons. The zero-order valence-electron chi connectivity index (χ0n) is 15.9. The van der Waals surface area contributed by atoms with Crippen LogP contribution in [0.2, 0.25) is 0 Å². The molecule has 0 saturated heterocycles. The molecule has 7 nitrogen and oxygen atoms in total. The number of alkyl halides is 1. The van der Waals surface area contributed by atoms with Crippen LogP contribution in [0.4, 0.5) is 4.39 Å². The number of ether oxygens (including phenoxy) is 1. The van der Waals surface area contributed by atoms with Crippen LogP contribution < -0.4 is 20.7 Å². The van der Waals surface area contributed by atoms with Crippen LogP contribution in [0.3, 0.4) is 0 Å². The molecule has 27 heavy (non-hydrogen) atoms. The number of halogens is 1. The summed E-state index contributed by atoms with van der Waals surface area (Å²) in [6.45, 7) is 6.74. The van der Waals surface area contributed by atoms with E-state index in [0.717, 1.165) is 5.56 Å². The van der Waals surface area contributed by atoms with E-state index in [1.807, 2.05) is 6.92 Å². The molecule has 2 amide bonds. The summed E-state index contributed by atoms with van der Waals surface area (Å²) in [5.41, 5.74) is 1.99. The van der Waals surface area contributed by atoms with Crippen LogP contribution in [-0.4, -0.2) is 35.6 Å². The van der Waals surface area contributed by atoms with Gasteiger partial charge in [0.25, 0.3) is 5.91 Å². The van der Waals surface area contributed by atoms with Gasteiger partial charge in [0.2, 0.25) is 11.8 Å². The fourth-order valence-electron chi connectivity index (χ4n) is 2.52. The van der Waals surface area contributed by atoms with Crippen LogP contribution >= 0.6 is 0 Å². The van der Waals surface area contributed by atoms with Crippen molar-refractivity contribution >= 4 is 11.8 Å². The first-order valence-electron chi connectivity index (χ1n) is 8.74. The number of aryl methyl sites for hydroxylation is 1. The molecule has 0 bridgehead atoms. The van der Waals surface area contributed by atoms with Crippen molar-refractivity contribution in [3.05, 3.63) is 46.9 Å². The average Bonchev–Trinajstić information content (AvgIpc) is 2.57. The lowest BCUT2D eigenvalue weighted by Crippen LogP contribution is -2.38. The quantitative estimate of drug-likeness (QED) is 0.673. The van der Waals surface area contributed by atoms with Gasteiger partial charge in [-0.1, -0.05) is 6.07 Å². The van der Waals surface area contributed by atoms with Crippen LogP contribution in [0.25, 0.3) is 0 Å². The minimum atomic E-state index is -1.07. The fourth-order valence-corrected chi connectivity index (χ4v) is 2.52. The number of pyridine rings is 1. The van der Waals surface area contributed by atoms with Crippen LogP contribution in [0, 0.1) is 6.92 Å². The minimum Gasteiger partial charge on any atom is -0.475 e. The molecule has 1 aromatic rings. The van der Waals surface area contributed by atoms with E-state index in [0.29, 0.717) is 29.5 Å². The molecule has 146 valence electrons. The highest BCUT2D eigenvalue weighted by molar-refractivity contribution is 5.96. The molecule has 1 aromatic heterocycles. The van der Waals surface area contributed by atoms with Gasteiger partial charge in [0.1, 0.15) is 18.6 Å². The number of carbonyl (C=O) groups excluding carboxylic acids is 2. The largest absolute Gasteiger partial charge is 0.475 e. The summed E-state index contributed by atoms with van der Waals surface area (Å²) in [6, 6.07) is 3.35. The Morgan fingerprint density at radius 3 is 2.78 bits per heavy atom. The van der Waals surface area contributed by atoms with Crippen molar-refractivity contribution in [1.29, 1.82) is 0 Å². The van der Waals surface area contributed by atoms with Gasteiger partial charge in [-0.3, -0.25) is 9.59 Å². The predicted octanol–water partition coefficient (Wildman–Crippen LogP) is 1.64. The number of hydrogen-bond donors (Lipinski definition) is 3. The third kappa shape index (κ3) is 6.40. The second-order valence-corrected chi connectivity index (χ2v) is 6.46. The Labute approximate surface area is 158 Å². The Balaban J connectivity index is 1.98. The monoisotopic (exact) mass is 376 g/mol. The lowest BCUT2D eigenvalue weighted by molar-refractivity contribution is -0.119. The summed E-state index contributed by atoms with van der Waals surface area (Å²) in [4.78, 5) is 27.9. The molecule has 1 unspecified atom stereocenters. The van der Waals surface area contributed by atoms with E-state index in [2.05, 4.69) is 20.9 Å². The van der Waals surface area contributed by atoms with Gasteiger partial charge in [0, 0.05) is 36.8 Å². The van der Waals surface area contributed by atoms with Crippen LogP contribution in [0.15, 0.2) is 35.7 Å². The van der Waals surface area contributed by atoms with Gasteiger partial charge in [-0.05, 0) is 38.5 Å². The molecule has 0 aromatic carbocycles. The molecule has 0 aliphatic carbocycles. The summed E-state index contributed by atoms with van der Waals surface area (Å²) in [5.74, 6) is 0.375. The van der Waals surface area contributed by atoms with Gasteiger partial charge in [-0.2, -0.15) is 0 Å². The van der Waals surface area contributed by atoms with Gasteiger partial charge >= 0.3 is 0 Å². The number of aromatic nitrogens is 1. The van der Waals surface area contributed by atoms with Crippen molar-refractivity contribution in [1.82, 2.24) is 20.9 Å². The minimum absolute atomic E-state index is 0.0497. The van der Waals surface area contributed by atoms with E-state index in [-0.39, 0.29) is 24.5 Å². The first kappa shape index (κ1) is 20.4. The van der Waals surface area contributed by atoms with Gasteiger partial charge in [0.05, 0.1) is 0 Å². The number of nitrogens with zero attached hydrogens (tertiary/aromatic N) is 1. The lowest BCUT2D eigenvalue weighted by Gasteiger charge is -2.21. The van der Waals surface area contributed by atoms with Crippen LogP contribution in [0.5, 0.6) is 5.88 Å². The molecule has 0 fully saturated rings. The highest BCUT2D eigenvalue weighted by atomic mass is 19.1. The van der Waals surface area contributed by atoms with Gasteiger partial charge in [0.15, 0.2) is 0 Å². The Bertz CT molecular complexity index is 774. The number of amides is 2. The van der Waals surface area contributed by atoms with E-state index < -0.39 is 6.17 Å². The first-order chi connectivity index (χ1) is 12.7. The summed E-state index contributed by atoms with van der Waals surface area (Å²) >= 11 is 0. The van der Waals surface area contributed by atoms with Crippen molar-refractivity contribution in [2.45, 2.75) is 46.5 Å². The molecule has 2 atom stereocenters. The normalized spacial score (nSPS) is 17.1. The Kier molecular flexibility index (Phi) is 6.92. The maximum atomic E-state index is 12.8. The van der Waals surface area contributed by atoms with Crippen molar-refractivity contribution < 1.29 is 18.7 Å². The van der Waals surface area contributed by atoms with E-state index in [1.165, 1.54) is 13.8 Å². The van der Waals surface area contributed by atoms with Crippen molar-refractivity contribution in [2.75, 3.05) is 6.61 Å². The van der Waals surface area contributed by atoms with Crippen molar-refractivity contribution in [2.24, 2.45) is 0 Å². The third-order valence-corrected chi connectivity index (χ3v) is 3.76. The van der Waals surface area contributed by atoms with Gasteiger partial charge in [-0.25, -0.2) is 9.37 Å². The zero-order valence-corrected chi connectivity index (χ0v) is 15.9. The second kappa shape index (κ2) is 9.16. The maximum Gasteiger partial charge on any atom is 0.251 e.